The van der Waals surface area contributed by atoms with Crippen molar-refractivity contribution in [3.05, 3.63) is 24.3 Å². The van der Waals surface area contributed by atoms with Crippen LogP contribution < -0.4 is 20.7 Å². The maximum absolute atomic E-state index is 12.4. The molecule has 1 aromatic carbocycles. The van der Waals surface area contributed by atoms with Gasteiger partial charge in [0.15, 0.2) is 0 Å². The van der Waals surface area contributed by atoms with Crippen molar-refractivity contribution in [2.75, 3.05) is 22.8 Å². The molecule has 4 fully saturated rings. The Morgan fingerprint density at radius 1 is 0.967 bits per heavy atom. The fourth-order valence-corrected chi connectivity index (χ4v) is 6.46. The molecular weight excluding hydrogens is 404 g/mol. The lowest BCUT2D eigenvalue weighted by Crippen LogP contribution is -2.61. The molecule has 4 saturated carbocycles. The third-order valence-corrected chi connectivity index (χ3v) is 7.13. The van der Waals surface area contributed by atoms with Crippen LogP contribution >= 0.6 is 0 Å². The SMILES string of the molecule is CS(=O)(=O)Nc1ccc(NC(=O)CCNC(=O)NC23CC4CC(CC(C4)C2)C3)cc1. The van der Waals surface area contributed by atoms with Crippen molar-refractivity contribution in [3.63, 3.8) is 0 Å². The first-order valence-electron chi connectivity index (χ1n) is 10.6. The molecule has 3 amide bonds. The second-order valence-corrected chi connectivity index (χ2v) is 11.1. The Labute approximate surface area is 177 Å². The average Bonchev–Trinajstić information content (AvgIpc) is 2.60. The van der Waals surface area contributed by atoms with Crippen molar-refractivity contribution in [2.24, 2.45) is 17.8 Å². The molecule has 0 spiro atoms. The summed E-state index contributed by atoms with van der Waals surface area (Å²) in [5.41, 5.74) is 0.957. The van der Waals surface area contributed by atoms with Gasteiger partial charge in [-0.3, -0.25) is 9.52 Å². The fraction of sp³-hybridized carbons (Fsp3) is 0.619. The summed E-state index contributed by atoms with van der Waals surface area (Å²) < 4.78 is 24.8. The van der Waals surface area contributed by atoms with Crippen LogP contribution in [0.15, 0.2) is 24.3 Å². The van der Waals surface area contributed by atoms with E-state index in [1.54, 1.807) is 24.3 Å². The van der Waals surface area contributed by atoms with E-state index in [0.29, 0.717) is 11.4 Å². The maximum Gasteiger partial charge on any atom is 0.315 e. The van der Waals surface area contributed by atoms with Gasteiger partial charge in [0, 0.05) is 29.9 Å². The van der Waals surface area contributed by atoms with Crippen molar-refractivity contribution >= 4 is 33.3 Å². The standard InChI is InChI=1S/C21H30N4O4S/c1-30(28,29)25-18-4-2-17(3-5-18)23-19(26)6-7-22-20(27)24-21-11-14-8-15(12-21)10-16(9-14)13-21/h2-5,14-16,25H,6-13H2,1H3,(H,23,26)(H2,22,24,27). The number of amides is 3. The van der Waals surface area contributed by atoms with Crippen LogP contribution in [0.1, 0.15) is 44.9 Å². The number of nitrogens with one attached hydrogen (secondary N) is 4. The summed E-state index contributed by atoms with van der Waals surface area (Å²) in [5, 5.41) is 8.80. The molecule has 1 aromatic rings. The Bertz CT molecular complexity index is 878. The van der Waals surface area contributed by atoms with Gasteiger partial charge < -0.3 is 16.0 Å². The quantitative estimate of drug-likeness (QED) is 0.528. The van der Waals surface area contributed by atoms with Gasteiger partial charge in [0.05, 0.1) is 6.26 Å². The molecular formula is C21H30N4O4S. The molecule has 4 bridgehead atoms. The predicted molar refractivity (Wildman–Crippen MR) is 116 cm³/mol. The first-order chi connectivity index (χ1) is 14.2. The molecule has 4 N–H and O–H groups in total. The lowest BCUT2D eigenvalue weighted by atomic mass is 9.53. The third-order valence-electron chi connectivity index (χ3n) is 6.53. The number of sulfonamides is 1. The topological polar surface area (TPSA) is 116 Å². The van der Waals surface area contributed by atoms with Crippen LogP contribution in [0.4, 0.5) is 16.2 Å². The summed E-state index contributed by atoms with van der Waals surface area (Å²) in [6, 6.07) is 6.22. The maximum atomic E-state index is 12.4. The minimum absolute atomic E-state index is 0.0388. The highest BCUT2D eigenvalue weighted by Gasteiger charge is 2.51. The Morgan fingerprint density at radius 2 is 1.50 bits per heavy atom. The third kappa shape index (κ3) is 5.24. The fourth-order valence-electron chi connectivity index (χ4n) is 5.90. The van der Waals surface area contributed by atoms with E-state index in [0.717, 1.165) is 43.3 Å². The number of hydrogen-bond donors (Lipinski definition) is 4. The lowest BCUT2D eigenvalue weighted by molar-refractivity contribution is -0.116. The highest BCUT2D eigenvalue weighted by molar-refractivity contribution is 7.92. The van der Waals surface area contributed by atoms with E-state index in [4.69, 9.17) is 0 Å². The summed E-state index contributed by atoms with van der Waals surface area (Å²) in [4.78, 5) is 24.5. The largest absolute Gasteiger partial charge is 0.338 e. The summed E-state index contributed by atoms with van der Waals surface area (Å²) in [7, 11) is -3.33. The van der Waals surface area contributed by atoms with Crippen molar-refractivity contribution in [1.29, 1.82) is 0 Å². The average molecular weight is 435 g/mol. The van der Waals surface area contributed by atoms with E-state index in [9.17, 15) is 18.0 Å². The molecule has 9 heteroatoms. The van der Waals surface area contributed by atoms with Gasteiger partial charge in [-0.2, -0.15) is 0 Å². The zero-order valence-corrected chi connectivity index (χ0v) is 18.1. The van der Waals surface area contributed by atoms with E-state index < -0.39 is 10.0 Å². The molecule has 0 heterocycles. The highest BCUT2D eigenvalue weighted by atomic mass is 32.2. The van der Waals surface area contributed by atoms with E-state index in [1.165, 1.54) is 19.3 Å². The van der Waals surface area contributed by atoms with E-state index in [-0.39, 0.29) is 30.4 Å². The molecule has 0 radical (unpaired) electrons. The number of anilines is 2. The van der Waals surface area contributed by atoms with E-state index >= 15 is 0 Å². The number of hydrogen-bond acceptors (Lipinski definition) is 4. The van der Waals surface area contributed by atoms with Crippen LogP contribution in [-0.2, 0) is 14.8 Å². The molecule has 0 aliphatic heterocycles. The molecule has 4 aliphatic carbocycles. The molecule has 0 aromatic heterocycles. The van der Waals surface area contributed by atoms with Crippen molar-refractivity contribution in [1.82, 2.24) is 10.6 Å². The van der Waals surface area contributed by atoms with Crippen molar-refractivity contribution < 1.29 is 18.0 Å². The predicted octanol–water partition coefficient (Wildman–Crippen LogP) is 2.65. The molecule has 164 valence electrons. The second kappa shape index (κ2) is 8.09. The lowest BCUT2D eigenvalue weighted by Gasteiger charge is -2.56. The van der Waals surface area contributed by atoms with E-state index in [1.807, 2.05) is 0 Å². The highest BCUT2D eigenvalue weighted by Crippen LogP contribution is 2.55. The minimum Gasteiger partial charge on any atom is -0.338 e. The second-order valence-electron chi connectivity index (χ2n) is 9.33. The molecule has 8 nitrogen and oxygen atoms in total. The normalized spacial score (nSPS) is 29.3. The van der Waals surface area contributed by atoms with Gasteiger partial charge in [0.2, 0.25) is 15.9 Å². The minimum atomic E-state index is -3.33. The molecule has 0 saturated heterocycles. The van der Waals surface area contributed by atoms with Gasteiger partial charge in [0.1, 0.15) is 0 Å². The summed E-state index contributed by atoms with van der Waals surface area (Å²) in [5.74, 6) is 2.08. The van der Waals surface area contributed by atoms with Crippen LogP contribution in [0.5, 0.6) is 0 Å². The number of carbonyl (C=O) groups is 2. The molecule has 0 unspecified atom stereocenters. The van der Waals surface area contributed by atoms with Crippen LogP contribution in [0, 0.1) is 17.8 Å². The number of rotatable bonds is 7. The zero-order chi connectivity index (χ0) is 21.4. The monoisotopic (exact) mass is 434 g/mol. The Kier molecular flexibility index (Phi) is 5.65. The van der Waals surface area contributed by atoms with Gasteiger partial charge in [-0.05, 0) is 80.5 Å². The number of urea groups is 1. The Morgan fingerprint density at radius 3 is 2.03 bits per heavy atom. The first kappa shape index (κ1) is 21.0. The summed E-state index contributed by atoms with van der Waals surface area (Å²) in [6.45, 7) is 0.262. The molecule has 5 rings (SSSR count). The first-order valence-corrected chi connectivity index (χ1v) is 12.5. The zero-order valence-electron chi connectivity index (χ0n) is 17.2. The number of benzene rings is 1. The Balaban J connectivity index is 1.19. The molecule has 0 atom stereocenters. The summed E-state index contributed by atoms with van der Waals surface area (Å²) in [6.07, 6.45) is 8.51. The van der Waals surface area contributed by atoms with Crippen LogP contribution in [0.25, 0.3) is 0 Å². The summed E-state index contributed by atoms with van der Waals surface area (Å²) >= 11 is 0. The number of carbonyl (C=O) groups excluding carboxylic acids is 2. The smallest absolute Gasteiger partial charge is 0.315 e. The van der Waals surface area contributed by atoms with Gasteiger partial charge in [-0.25, -0.2) is 13.2 Å². The van der Waals surface area contributed by atoms with Gasteiger partial charge in [-0.15, -0.1) is 0 Å². The van der Waals surface area contributed by atoms with Gasteiger partial charge in [0.25, 0.3) is 0 Å². The van der Waals surface area contributed by atoms with Crippen LogP contribution in [0.3, 0.4) is 0 Å². The van der Waals surface area contributed by atoms with E-state index in [2.05, 4.69) is 20.7 Å². The van der Waals surface area contributed by atoms with Crippen molar-refractivity contribution in [3.8, 4) is 0 Å². The van der Waals surface area contributed by atoms with Crippen LogP contribution in [0.2, 0.25) is 0 Å². The van der Waals surface area contributed by atoms with Crippen molar-refractivity contribution in [2.45, 2.75) is 50.5 Å². The molecule has 4 aliphatic rings. The molecule has 30 heavy (non-hydrogen) atoms. The van der Waals surface area contributed by atoms with Gasteiger partial charge in [-0.1, -0.05) is 0 Å². The van der Waals surface area contributed by atoms with Gasteiger partial charge >= 0.3 is 6.03 Å². The Hall–Kier alpha value is -2.29. The van der Waals surface area contributed by atoms with Crippen LogP contribution in [-0.4, -0.2) is 38.7 Å².